The van der Waals surface area contributed by atoms with E-state index in [9.17, 15) is 4.39 Å². The van der Waals surface area contributed by atoms with Gasteiger partial charge in [-0.3, -0.25) is 0 Å². The molecule has 2 heterocycles. The van der Waals surface area contributed by atoms with E-state index in [4.69, 9.17) is 12.2 Å². The normalized spacial score (nSPS) is 17.3. The van der Waals surface area contributed by atoms with Crippen LogP contribution in [0.1, 0.15) is 0 Å². The van der Waals surface area contributed by atoms with Crippen LogP contribution in [0.15, 0.2) is 10.5 Å². The molecule has 1 aliphatic heterocycles. The van der Waals surface area contributed by atoms with E-state index in [1.165, 1.54) is 11.0 Å². The Balaban J connectivity index is 2.10. The van der Waals surface area contributed by atoms with Crippen molar-refractivity contribution in [2.75, 3.05) is 38.1 Å². The van der Waals surface area contributed by atoms with Crippen LogP contribution in [0.5, 0.6) is 0 Å². The molecular weight excluding hydrogens is 331 g/mol. The number of quaternary nitrogens is 1. The zero-order valence-corrected chi connectivity index (χ0v) is 12.9. The summed E-state index contributed by atoms with van der Waals surface area (Å²) in [4.78, 5) is 9.57. The van der Waals surface area contributed by atoms with Crippen LogP contribution >= 0.6 is 28.1 Å². The van der Waals surface area contributed by atoms with Crippen LogP contribution in [-0.4, -0.2) is 43.2 Å². The number of likely N-dealkylation sites (N-methyl/N-ethyl adjacent to an activating group) is 1. The van der Waals surface area contributed by atoms with E-state index >= 15 is 0 Å². The molecule has 1 aromatic carbocycles. The lowest BCUT2D eigenvalue weighted by Gasteiger charge is -2.32. The van der Waals surface area contributed by atoms with Crippen LogP contribution in [-0.2, 0) is 0 Å². The first kappa shape index (κ1) is 13.1. The molecule has 102 valence electrons. The molecule has 0 aliphatic carbocycles. The van der Waals surface area contributed by atoms with Crippen molar-refractivity contribution in [2.45, 2.75) is 0 Å². The summed E-state index contributed by atoms with van der Waals surface area (Å²) in [5.41, 5.74) is 2.15. The fraction of sp³-hybridized carbons (Fsp3) is 0.417. The van der Waals surface area contributed by atoms with Crippen molar-refractivity contribution in [1.82, 2.24) is 9.97 Å². The number of nitrogens with one attached hydrogen (secondary N) is 3. The summed E-state index contributed by atoms with van der Waals surface area (Å²) in [6.45, 7) is 3.76. The van der Waals surface area contributed by atoms with Gasteiger partial charge in [0.25, 0.3) is 0 Å². The Morgan fingerprint density at radius 1 is 1.37 bits per heavy atom. The molecule has 3 rings (SSSR count). The summed E-state index contributed by atoms with van der Waals surface area (Å²) in [6, 6.07) is 1.51. The molecular formula is C12H15BrFN4S+. The molecule has 0 bridgehead atoms. The Morgan fingerprint density at radius 2 is 2.05 bits per heavy atom. The summed E-state index contributed by atoms with van der Waals surface area (Å²) in [7, 11) is 2.16. The molecule has 1 saturated heterocycles. The van der Waals surface area contributed by atoms with E-state index in [0.717, 1.165) is 36.2 Å². The first-order valence-electron chi connectivity index (χ1n) is 6.22. The molecule has 3 N–H and O–H groups in total. The third-order valence-corrected chi connectivity index (χ3v) is 4.59. The monoisotopic (exact) mass is 345 g/mol. The molecule has 0 atom stereocenters. The highest BCUT2D eigenvalue weighted by Gasteiger charge is 2.23. The van der Waals surface area contributed by atoms with Crippen molar-refractivity contribution in [2.24, 2.45) is 0 Å². The van der Waals surface area contributed by atoms with Crippen molar-refractivity contribution in [3.05, 3.63) is 21.1 Å². The Kier molecular flexibility index (Phi) is 3.36. The van der Waals surface area contributed by atoms with Gasteiger partial charge in [0, 0.05) is 6.07 Å². The number of benzene rings is 1. The molecule has 0 amide bonds. The topological polar surface area (TPSA) is 39.3 Å². The fourth-order valence-electron chi connectivity index (χ4n) is 2.50. The van der Waals surface area contributed by atoms with Crippen LogP contribution in [0.3, 0.4) is 0 Å². The number of halogens is 2. The number of imidazole rings is 1. The van der Waals surface area contributed by atoms with Gasteiger partial charge in [-0.25, -0.2) is 4.39 Å². The van der Waals surface area contributed by atoms with E-state index in [0.29, 0.717) is 16.0 Å². The summed E-state index contributed by atoms with van der Waals surface area (Å²) in [5.74, 6) is -0.218. The van der Waals surface area contributed by atoms with Gasteiger partial charge in [0.2, 0.25) is 0 Å². The lowest BCUT2D eigenvalue weighted by molar-refractivity contribution is -0.880. The van der Waals surface area contributed by atoms with E-state index in [1.54, 1.807) is 0 Å². The van der Waals surface area contributed by atoms with E-state index < -0.39 is 0 Å². The second-order valence-electron chi connectivity index (χ2n) is 4.97. The maximum absolute atomic E-state index is 14.3. The number of piperazine rings is 1. The second-order valence-corrected chi connectivity index (χ2v) is 6.17. The fourth-order valence-corrected chi connectivity index (χ4v) is 3.46. The Labute approximate surface area is 123 Å². The first-order chi connectivity index (χ1) is 9.06. The lowest BCUT2D eigenvalue weighted by atomic mass is 10.2. The van der Waals surface area contributed by atoms with Crippen LogP contribution in [0.4, 0.5) is 10.1 Å². The van der Waals surface area contributed by atoms with Crippen molar-refractivity contribution in [3.63, 3.8) is 0 Å². The van der Waals surface area contributed by atoms with Gasteiger partial charge < -0.3 is 19.8 Å². The van der Waals surface area contributed by atoms with Crippen molar-refractivity contribution < 1.29 is 9.29 Å². The second kappa shape index (κ2) is 4.88. The molecule has 7 heteroatoms. The third kappa shape index (κ3) is 2.30. The van der Waals surface area contributed by atoms with E-state index in [-0.39, 0.29) is 5.82 Å². The number of hydrogen-bond acceptors (Lipinski definition) is 2. The molecule has 0 saturated carbocycles. The molecule has 4 nitrogen and oxygen atoms in total. The summed E-state index contributed by atoms with van der Waals surface area (Å²) in [6.07, 6.45) is 0. The number of H-pyrrole nitrogens is 2. The molecule has 0 spiro atoms. The maximum Gasteiger partial charge on any atom is 0.175 e. The Morgan fingerprint density at radius 3 is 2.74 bits per heavy atom. The van der Waals surface area contributed by atoms with Crippen LogP contribution in [0.25, 0.3) is 11.0 Å². The quantitative estimate of drug-likeness (QED) is 0.685. The number of fused-ring (bicyclic) bond motifs is 1. The van der Waals surface area contributed by atoms with Gasteiger partial charge in [-0.15, -0.1) is 0 Å². The van der Waals surface area contributed by atoms with Gasteiger partial charge in [-0.05, 0) is 28.1 Å². The Bertz CT molecular complexity index is 672. The molecule has 0 unspecified atom stereocenters. The predicted octanol–water partition coefficient (Wildman–Crippen LogP) is 1.46. The standard InChI is InChI=1S/C12H14BrFN4S/c1-17-2-4-18(5-3-17)11-7(14)6-8-10(9(11)13)16-12(19)15-8/h6H,2-5H2,1H3,(H2,15,16,19)/p+1. The summed E-state index contributed by atoms with van der Waals surface area (Å²) >= 11 is 8.57. The SMILES string of the molecule is C[NH+]1CCN(c2c(F)cc3[nH]c(=S)[nH]c3c2Br)CC1. The molecule has 1 aromatic heterocycles. The van der Waals surface area contributed by atoms with Crippen LogP contribution in [0, 0.1) is 10.6 Å². The molecule has 1 aliphatic rings. The highest BCUT2D eigenvalue weighted by atomic mass is 79.9. The third-order valence-electron chi connectivity index (χ3n) is 3.61. The highest BCUT2D eigenvalue weighted by molar-refractivity contribution is 9.10. The first-order valence-corrected chi connectivity index (χ1v) is 7.42. The number of hydrogen-bond donors (Lipinski definition) is 3. The van der Waals surface area contributed by atoms with Gasteiger partial charge in [0.15, 0.2) is 4.77 Å². The lowest BCUT2D eigenvalue weighted by Crippen LogP contribution is -3.12. The summed E-state index contributed by atoms with van der Waals surface area (Å²) < 4.78 is 15.6. The molecule has 19 heavy (non-hydrogen) atoms. The van der Waals surface area contributed by atoms with Crippen LogP contribution < -0.4 is 9.80 Å². The minimum absolute atomic E-state index is 0.218. The van der Waals surface area contributed by atoms with Gasteiger partial charge >= 0.3 is 0 Å². The number of aromatic nitrogens is 2. The Hall–Kier alpha value is -0.920. The van der Waals surface area contributed by atoms with E-state index in [2.05, 4.69) is 37.8 Å². The molecule has 0 radical (unpaired) electrons. The maximum atomic E-state index is 14.3. The average molecular weight is 346 g/mol. The van der Waals surface area contributed by atoms with Gasteiger partial charge in [0.1, 0.15) is 5.82 Å². The van der Waals surface area contributed by atoms with Crippen LogP contribution in [0.2, 0.25) is 0 Å². The van der Waals surface area contributed by atoms with Crippen molar-refractivity contribution in [3.8, 4) is 0 Å². The van der Waals surface area contributed by atoms with Gasteiger partial charge in [-0.2, -0.15) is 0 Å². The number of anilines is 1. The number of rotatable bonds is 1. The number of nitrogens with zero attached hydrogens (tertiary/aromatic N) is 1. The zero-order chi connectivity index (χ0) is 13.6. The van der Waals surface area contributed by atoms with E-state index in [1.807, 2.05) is 0 Å². The smallest absolute Gasteiger partial charge is 0.175 e. The summed E-state index contributed by atoms with van der Waals surface area (Å²) in [5, 5.41) is 0. The minimum Gasteiger partial charge on any atom is -0.357 e. The van der Waals surface area contributed by atoms with Gasteiger partial charge in [0.05, 0.1) is 54.4 Å². The predicted molar refractivity (Wildman–Crippen MR) is 80.0 cm³/mol. The zero-order valence-electron chi connectivity index (χ0n) is 10.5. The van der Waals surface area contributed by atoms with Gasteiger partial charge in [-0.1, -0.05) is 0 Å². The number of aromatic amines is 2. The largest absolute Gasteiger partial charge is 0.357 e. The average Bonchev–Trinajstić information content (AvgIpc) is 2.72. The minimum atomic E-state index is -0.218. The molecule has 1 fully saturated rings. The highest BCUT2D eigenvalue weighted by Crippen LogP contribution is 2.35. The van der Waals surface area contributed by atoms with Crippen molar-refractivity contribution >= 4 is 44.9 Å². The molecule has 2 aromatic rings. The van der Waals surface area contributed by atoms with Crippen molar-refractivity contribution in [1.29, 1.82) is 0 Å².